The molecule has 6 heteroatoms. The highest BCUT2D eigenvalue weighted by atomic mass is 35.5. The lowest BCUT2D eigenvalue weighted by molar-refractivity contribution is -0.106. The van der Waals surface area contributed by atoms with Crippen LogP contribution in [0.25, 0.3) is 0 Å². The van der Waals surface area contributed by atoms with Crippen LogP contribution in [0.3, 0.4) is 0 Å². The fraction of sp³-hybridized carbons (Fsp3) is 0.250. The fourth-order valence-corrected chi connectivity index (χ4v) is 1.95. The maximum absolute atomic E-state index is 11.9. The summed E-state index contributed by atoms with van der Waals surface area (Å²) in [7, 11) is 0. The van der Waals surface area contributed by atoms with E-state index >= 15 is 0 Å². The van der Waals surface area contributed by atoms with Crippen LogP contribution in [0.1, 0.15) is 0 Å². The summed E-state index contributed by atoms with van der Waals surface area (Å²) in [6.45, 7) is 0. The first-order valence-corrected chi connectivity index (χ1v) is 5.20. The van der Waals surface area contributed by atoms with Crippen LogP contribution in [0, 0.1) is 6.07 Å². The zero-order valence-electron chi connectivity index (χ0n) is 6.77. The van der Waals surface area contributed by atoms with Gasteiger partial charge in [-0.1, -0.05) is 11.6 Å². The van der Waals surface area contributed by atoms with Gasteiger partial charge >= 0.3 is 6.18 Å². The van der Waals surface area contributed by atoms with Crippen molar-refractivity contribution in [1.82, 2.24) is 0 Å². The van der Waals surface area contributed by atoms with E-state index in [2.05, 4.69) is 6.07 Å². The van der Waals surface area contributed by atoms with Crippen LogP contribution in [0.15, 0.2) is 23.1 Å². The molecule has 0 saturated heterocycles. The molecule has 0 amide bonds. The summed E-state index contributed by atoms with van der Waals surface area (Å²) in [5.74, 6) is -1.36. The third-order valence-electron chi connectivity index (χ3n) is 1.28. The van der Waals surface area contributed by atoms with E-state index in [4.69, 9.17) is 11.6 Å². The Kier molecular flexibility index (Phi) is 3.69. The van der Waals surface area contributed by atoms with Gasteiger partial charge in [0.25, 0.3) is 0 Å². The van der Waals surface area contributed by atoms with E-state index in [1.165, 1.54) is 18.2 Å². The maximum Gasteiger partial charge on any atom is 0.433 e. The summed E-state index contributed by atoms with van der Waals surface area (Å²) < 4.78 is 46.7. The molecular weight excluding hydrogens is 237 g/mol. The first kappa shape index (κ1) is 11.7. The highest BCUT2D eigenvalue weighted by Gasteiger charge is 2.35. The minimum absolute atomic E-state index is 0.0369. The Morgan fingerprint density at radius 3 is 2.57 bits per heavy atom. The zero-order chi connectivity index (χ0) is 10.8. The lowest BCUT2D eigenvalue weighted by atomic mass is 10.4. The van der Waals surface area contributed by atoms with Crippen molar-refractivity contribution in [3.8, 4) is 0 Å². The van der Waals surface area contributed by atoms with Crippen LogP contribution in [-0.4, -0.2) is 16.5 Å². The molecule has 14 heavy (non-hydrogen) atoms. The molecule has 1 aromatic carbocycles. The van der Waals surface area contributed by atoms with Gasteiger partial charge < -0.3 is 4.55 Å². The summed E-state index contributed by atoms with van der Waals surface area (Å²) >= 11 is 3.41. The molecule has 0 aliphatic heterocycles. The van der Waals surface area contributed by atoms with E-state index in [-0.39, 0.29) is 9.92 Å². The van der Waals surface area contributed by atoms with Crippen molar-refractivity contribution in [2.45, 2.75) is 11.1 Å². The number of halogens is 4. The van der Waals surface area contributed by atoms with E-state index in [0.29, 0.717) is 0 Å². The van der Waals surface area contributed by atoms with Crippen LogP contribution in [0.5, 0.6) is 0 Å². The van der Waals surface area contributed by atoms with E-state index in [1.54, 1.807) is 0 Å². The molecule has 77 valence electrons. The molecule has 1 nitrogen and oxygen atoms in total. The van der Waals surface area contributed by atoms with E-state index in [0.717, 1.165) is 0 Å². The molecular formula is C8H5ClF3OS. The number of alkyl halides is 3. The summed E-state index contributed by atoms with van der Waals surface area (Å²) in [6.07, 6.45) is -4.44. The van der Waals surface area contributed by atoms with Gasteiger partial charge in [0.1, 0.15) is 0 Å². The second-order valence-electron chi connectivity index (χ2n) is 2.49. The van der Waals surface area contributed by atoms with Gasteiger partial charge in [-0.3, -0.25) is 0 Å². The average molecular weight is 242 g/mol. The molecule has 0 heterocycles. The molecule has 0 aromatic heterocycles. The number of rotatable bonds is 2. The quantitative estimate of drug-likeness (QED) is 0.730. The minimum atomic E-state index is -4.44. The van der Waals surface area contributed by atoms with Gasteiger partial charge in [-0.05, 0) is 23.3 Å². The van der Waals surface area contributed by atoms with E-state index < -0.39 is 23.1 Å². The summed E-state index contributed by atoms with van der Waals surface area (Å²) in [4.78, 5) is 0.0369. The highest BCUT2D eigenvalue weighted by molar-refractivity contribution is 7.91. The predicted octanol–water partition coefficient (Wildman–Crippen LogP) is 2.81. The molecule has 1 radical (unpaired) electrons. The van der Waals surface area contributed by atoms with Crippen molar-refractivity contribution in [2.24, 2.45) is 0 Å². The van der Waals surface area contributed by atoms with Gasteiger partial charge in [0.2, 0.25) is 5.75 Å². The van der Waals surface area contributed by atoms with Gasteiger partial charge in [0, 0.05) is 17.2 Å². The van der Waals surface area contributed by atoms with Gasteiger partial charge in [0.15, 0.2) is 4.90 Å². The van der Waals surface area contributed by atoms with Crippen molar-refractivity contribution in [1.29, 1.82) is 0 Å². The Balaban J connectivity index is 2.74. The average Bonchev–Trinajstić information content (AvgIpc) is 2.01. The molecule has 1 aromatic rings. The topological polar surface area (TPSA) is 23.1 Å². The van der Waals surface area contributed by atoms with Crippen molar-refractivity contribution < 1.29 is 17.7 Å². The van der Waals surface area contributed by atoms with Crippen molar-refractivity contribution in [3.05, 3.63) is 29.3 Å². The highest BCUT2D eigenvalue weighted by Crippen LogP contribution is 2.23. The SMILES string of the molecule is [O-][S+](CC(F)(F)F)c1c[c]cc(Cl)c1. The van der Waals surface area contributed by atoms with Crippen molar-refractivity contribution in [2.75, 3.05) is 5.75 Å². The first-order valence-electron chi connectivity index (χ1n) is 3.50. The maximum atomic E-state index is 11.9. The first-order chi connectivity index (χ1) is 6.38. The monoisotopic (exact) mass is 241 g/mol. The van der Waals surface area contributed by atoms with Crippen molar-refractivity contribution >= 4 is 22.8 Å². The molecule has 0 spiro atoms. The van der Waals surface area contributed by atoms with Crippen molar-refractivity contribution in [3.63, 3.8) is 0 Å². The molecule has 1 atom stereocenters. The van der Waals surface area contributed by atoms with Gasteiger partial charge in [-0.2, -0.15) is 13.2 Å². The molecule has 1 rings (SSSR count). The molecule has 0 N–H and O–H groups in total. The fourth-order valence-electron chi connectivity index (χ4n) is 0.786. The zero-order valence-corrected chi connectivity index (χ0v) is 8.34. The Morgan fingerprint density at radius 2 is 2.07 bits per heavy atom. The summed E-state index contributed by atoms with van der Waals surface area (Å²) in [6, 6.07) is 6.35. The lowest BCUT2D eigenvalue weighted by Crippen LogP contribution is -2.22. The smallest absolute Gasteiger partial charge is 0.433 e. The molecule has 0 saturated carbocycles. The second kappa shape index (κ2) is 4.42. The van der Waals surface area contributed by atoms with Gasteiger partial charge in [0.05, 0.1) is 0 Å². The summed E-state index contributed by atoms with van der Waals surface area (Å²) in [5.41, 5.74) is 0. The summed E-state index contributed by atoms with van der Waals surface area (Å²) in [5, 5.41) is 0.220. The Hall–Kier alpha value is -0.390. The molecule has 0 bridgehead atoms. The predicted molar refractivity (Wildman–Crippen MR) is 47.6 cm³/mol. The third kappa shape index (κ3) is 3.77. The second-order valence-corrected chi connectivity index (χ2v) is 4.38. The van der Waals surface area contributed by atoms with Crippen LogP contribution < -0.4 is 0 Å². The Bertz CT molecular complexity index is 316. The molecule has 0 aliphatic rings. The third-order valence-corrected chi connectivity index (χ3v) is 2.85. The van der Waals surface area contributed by atoms with Crippen LogP contribution >= 0.6 is 11.6 Å². The van der Waals surface area contributed by atoms with E-state index in [1.807, 2.05) is 0 Å². The Morgan fingerprint density at radius 1 is 1.43 bits per heavy atom. The number of hydrogen-bond donors (Lipinski definition) is 0. The number of benzene rings is 1. The van der Waals surface area contributed by atoms with E-state index in [9.17, 15) is 17.7 Å². The largest absolute Gasteiger partial charge is 0.611 e. The standard InChI is InChI=1S/C8H5ClF3OS/c9-6-2-1-3-7(4-6)14(13)5-8(10,11)12/h2-4H,5H2. The van der Waals surface area contributed by atoms with Crippen LogP contribution in [0.2, 0.25) is 5.02 Å². The number of hydrogen-bond acceptors (Lipinski definition) is 1. The normalized spacial score (nSPS) is 14.1. The van der Waals surface area contributed by atoms with Gasteiger partial charge in [-0.15, -0.1) is 0 Å². The minimum Gasteiger partial charge on any atom is -0.611 e. The molecule has 1 unspecified atom stereocenters. The van der Waals surface area contributed by atoms with Gasteiger partial charge in [-0.25, -0.2) is 0 Å². The van der Waals surface area contributed by atoms with Crippen LogP contribution in [0.4, 0.5) is 13.2 Å². The molecule has 0 fully saturated rings. The molecule has 0 aliphatic carbocycles. The van der Waals surface area contributed by atoms with Crippen LogP contribution in [-0.2, 0) is 11.2 Å². The Labute approximate surface area is 87.1 Å². The lowest BCUT2D eigenvalue weighted by Gasteiger charge is -2.12.